The van der Waals surface area contributed by atoms with E-state index in [-0.39, 0.29) is 24.5 Å². The van der Waals surface area contributed by atoms with Crippen LogP contribution in [0.1, 0.15) is 27.3 Å². The predicted molar refractivity (Wildman–Crippen MR) is 172 cm³/mol. The molecule has 0 saturated carbocycles. The van der Waals surface area contributed by atoms with Crippen molar-refractivity contribution in [3.8, 4) is 5.69 Å². The van der Waals surface area contributed by atoms with Crippen LogP contribution in [0, 0.1) is 25.5 Å². The summed E-state index contributed by atoms with van der Waals surface area (Å²) in [6.07, 6.45) is -5.20. The van der Waals surface area contributed by atoms with Crippen LogP contribution >= 0.6 is 0 Å². The Kier molecular flexibility index (Phi) is 11.3. The summed E-state index contributed by atoms with van der Waals surface area (Å²) < 4.78 is 122. The third-order valence-corrected chi connectivity index (χ3v) is 7.29. The molecule has 1 aliphatic heterocycles. The van der Waals surface area contributed by atoms with E-state index in [0.29, 0.717) is 36.9 Å². The monoisotopic (exact) mass is 745 g/mol. The van der Waals surface area contributed by atoms with Crippen LogP contribution < -0.4 is 15.5 Å². The maximum atomic E-state index is 14.1. The van der Waals surface area contributed by atoms with Crippen LogP contribution in [0.4, 0.5) is 52.9 Å². The SMILES string of the molecule is CS(=O)(=O)O.Cc1ccc(-n2nc(C(F)(F)C(F)(F)F)cc2NC(=O)Nc2ccc(N3CCN(C(=O)c4c(F)cccc4F)CC3)nc2C)cc1. The highest BCUT2D eigenvalue weighted by molar-refractivity contribution is 7.85. The molecule has 4 aromatic rings. The Morgan fingerprint density at radius 3 is 1.96 bits per heavy atom. The van der Waals surface area contributed by atoms with Gasteiger partial charge in [-0.15, -0.1) is 0 Å². The number of hydrogen-bond acceptors (Lipinski definition) is 7. The van der Waals surface area contributed by atoms with E-state index in [9.17, 15) is 48.7 Å². The highest BCUT2D eigenvalue weighted by Gasteiger charge is 2.60. The van der Waals surface area contributed by atoms with Gasteiger partial charge in [0.1, 0.15) is 34.5 Å². The average molecular weight is 746 g/mol. The first-order valence-corrected chi connectivity index (χ1v) is 16.6. The molecular formula is C31H30F7N7O5S. The average Bonchev–Trinajstić information content (AvgIpc) is 3.45. The summed E-state index contributed by atoms with van der Waals surface area (Å²) in [6, 6.07) is 11.9. The smallest absolute Gasteiger partial charge is 0.353 e. The summed E-state index contributed by atoms with van der Waals surface area (Å²) in [7, 11) is -3.67. The predicted octanol–water partition coefficient (Wildman–Crippen LogP) is 5.93. The summed E-state index contributed by atoms with van der Waals surface area (Å²) in [5, 5.41) is 8.23. The lowest BCUT2D eigenvalue weighted by Crippen LogP contribution is -2.49. The Bertz CT molecular complexity index is 1990. The molecule has 274 valence electrons. The van der Waals surface area contributed by atoms with Gasteiger partial charge in [-0.3, -0.25) is 14.7 Å². The molecule has 0 bridgehead atoms. The topological polar surface area (TPSA) is 150 Å². The van der Waals surface area contributed by atoms with E-state index in [0.717, 1.165) is 22.4 Å². The Morgan fingerprint density at radius 1 is 0.863 bits per heavy atom. The molecule has 20 heteroatoms. The van der Waals surface area contributed by atoms with Crippen molar-refractivity contribution in [1.29, 1.82) is 0 Å². The second kappa shape index (κ2) is 14.9. The van der Waals surface area contributed by atoms with Gasteiger partial charge in [0.25, 0.3) is 16.0 Å². The first-order chi connectivity index (χ1) is 23.7. The van der Waals surface area contributed by atoms with Crippen molar-refractivity contribution in [1.82, 2.24) is 19.7 Å². The Hall–Kier alpha value is -5.24. The number of aromatic nitrogens is 3. The fourth-order valence-corrected chi connectivity index (χ4v) is 4.78. The van der Waals surface area contributed by atoms with E-state index in [2.05, 4.69) is 20.7 Å². The number of carbonyl (C=O) groups excluding carboxylic acids is 2. The minimum absolute atomic E-state index is 0.133. The van der Waals surface area contributed by atoms with Gasteiger partial charge in [0.05, 0.1) is 23.3 Å². The maximum Gasteiger partial charge on any atom is 0.459 e. The third kappa shape index (κ3) is 9.51. The molecule has 1 fully saturated rings. The molecule has 1 saturated heterocycles. The minimum Gasteiger partial charge on any atom is -0.353 e. The van der Waals surface area contributed by atoms with Crippen LogP contribution in [0.3, 0.4) is 0 Å². The molecule has 0 unspecified atom stereocenters. The molecule has 3 heterocycles. The largest absolute Gasteiger partial charge is 0.459 e. The van der Waals surface area contributed by atoms with Gasteiger partial charge < -0.3 is 15.1 Å². The van der Waals surface area contributed by atoms with E-state index in [1.165, 1.54) is 29.2 Å². The van der Waals surface area contributed by atoms with E-state index in [1.54, 1.807) is 32.0 Å². The first-order valence-electron chi connectivity index (χ1n) is 14.7. The van der Waals surface area contributed by atoms with Gasteiger partial charge in [0.15, 0.2) is 0 Å². The van der Waals surface area contributed by atoms with Gasteiger partial charge in [0.2, 0.25) is 0 Å². The third-order valence-electron chi connectivity index (χ3n) is 7.29. The molecule has 1 aliphatic rings. The Morgan fingerprint density at radius 2 is 1.43 bits per heavy atom. The maximum absolute atomic E-state index is 14.1. The van der Waals surface area contributed by atoms with Crippen LogP contribution in [0.15, 0.2) is 60.7 Å². The minimum atomic E-state index is -5.91. The zero-order chi connectivity index (χ0) is 37.9. The summed E-state index contributed by atoms with van der Waals surface area (Å²) in [5.74, 6) is -7.89. The zero-order valence-electron chi connectivity index (χ0n) is 27.0. The number of rotatable bonds is 6. The van der Waals surface area contributed by atoms with Gasteiger partial charge in [-0.1, -0.05) is 23.8 Å². The molecule has 0 aliphatic carbocycles. The van der Waals surface area contributed by atoms with Crippen molar-refractivity contribution in [2.24, 2.45) is 0 Å². The second-order valence-electron chi connectivity index (χ2n) is 11.2. The molecule has 0 radical (unpaired) electrons. The lowest BCUT2D eigenvalue weighted by molar-refractivity contribution is -0.291. The van der Waals surface area contributed by atoms with E-state index < -0.39 is 62.9 Å². The van der Waals surface area contributed by atoms with Gasteiger partial charge in [-0.25, -0.2) is 23.2 Å². The van der Waals surface area contributed by atoms with E-state index in [1.807, 2.05) is 4.90 Å². The Balaban J connectivity index is 0.00000109. The van der Waals surface area contributed by atoms with Gasteiger partial charge in [-0.2, -0.15) is 35.5 Å². The molecule has 2 aromatic heterocycles. The number of amides is 3. The van der Waals surface area contributed by atoms with Crippen LogP contribution in [-0.4, -0.2) is 83.2 Å². The highest BCUT2D eigenvalue weighted by atomic mass is 32.2. The number of alkyl halides is 5. The number of benzene rings is 2. The van der Waals surface area contributed by atoms with Crippen LogP contribution in [0.5, 0.6) is 0 Å². The molecule has 51 heavy (non-hydrogen) atoms. The Labute approximate surface area is 286 Å². The van der Waals surface area contributed by atoms with E-state index in [4.69, 9.17) is 4.55 Å². The standard InChI is InChI=1S/C30H26F7N7O2.CH4O3S/c1-17-6-8-19(9-7-17)44-25(16-23(41-44)29(33,34)30(35,36)37)40-28(46)39-22-10-11-24(38-18(22)2)42-12-14-43(15-13-42)27(45)26-20(31)4-3-5-21(26)32;1-5(2,3)4/h3-11,16H,12-15H2,1-2H3,(H2,39,40,46);1H3,(H,2,3,4). The number of aryl methyl sites for hydroxylation is 2. The second-order valence-corrected chi connectivity index (χ2v) is 12.7. The molecule has 12 nitrogen and oxygen atoms in total. The molecule has 2 aromatic carbocycles. The quantitative estimate of drug-likeness (QED) is 0.163. The van der Waals surface area contributed by atoms with Gasteiger partial charge in [0, 0.05) is 32.2 Å². The lowest BCUT2D eigenvalue weighted by Gasteiger charge is -2.35. The van der Waals surface area contributed by atoms with Crippen molar-refractivity contribution in [3.05, 3.63) is 94.8 Å². The molecule has 0 spiro atoms. The number of nitrogens with zero attached hydrogens (tertiary/aromatic N) is 5. The summed E-state index contributed by atoms with van der Waals surface area (Å²) in [4.78, 5) is 33.2. The fourth-order valence-electron chi connectivity index (χ4n) is 4.78. The number of nitrogens with one attached hydrogen (secondary N) is 2. The van der Waals surface area contributed by atoms with Gasteiger partial charge >= 0.3 is 18.1 Å². The highest BCUT2D eigenvalue weighted by Crippen LogP contribution is 2.44. The van der Waals surface area contributed by atoms with Crippen molar-refractivity contribution in [2.75, 3.05) is 48.0 Å². The molecule has 3 N–H and O–H groups in total. The summed E-state index contributed by atoms with van der Waals surface area (Å²) in [5.41, 5.74) is -0.732. The fraction of sp³-hybridized carbons (Fsp3) is 0.290. The van der Waals surface area contributed by atoms with E-state index >= 15 is 0 Å². The molecular weight excluding hydrogens is 715 g/mol. The zero-order valence-corrected chi connectivity index (χ0v) is 27.8. The van der Waals surface area contributed by atoms with Crippen LogP contribution in [0.2, 0.25) is 0 Å². The van der Waals surface area contributed by atoms with Crippen molar-refractivity contribution >= 4 is 39.4 Å². The number of piperazine rings is 1. The van der Waals surface area contributed by atoms with Gasteiger partial charge in [-0.05, 0) is 50.2 Å². The number of carbonyl (C=O) groups is 2. The lowest BCUT2D eigenvalue weighted by atomic mass is 10.1. The van der Waals surface area contributed by atoms with Crippen LogP contribution in [-0.2, 0) is 16.0 Å². The van der Waals surface area contributed by atoms with Crippen molar-refractivity contribution in [3.63, 3.8) is 0 Å². The van der Waals surface area contributed by atoms with Crippen LogP contribution in [0.25, 0.3) is 5.69 Å². The summed E-state index contributed by atoms with van der Waals surface area (Å²) >= 11 is 0. The van der Waals surface area contributed by atoms with Crippen molar-refractivity contribution in [2.45, 2.75) is 25.9 Å². The summed E-state index contributed by atoms with van der Waals surface area (Å²) in [6.45, 7) is 4.27. The normalized spacial score (nSPS) is 13.7. The molecule has 5 rings (SSSR count). The van der Waals surface area contributed by atoms with Crippen molar-refractivity contribution < 1.29 is 53.3 Å². The molecule has 0 atom stereocenters. The number of halogens is 7. The number of urea groups is 1. The molecule has 3 amide bonds. The number of pyridine rings is 1. The first kappa shape index (κ1) is 38.6. The number of anilines is 3. The number of hydrogen-bond donors (Lipinski definition) is 3.